The van der Waals surface area contributed by atoms with Gasteiger partial charge in [0.1, 0.15) is 5.75 Å². The van der Waals surface area contributed by atoms with E-state index in [0.717, 1.165) is 47.9 Å². The molecule has 0 aliphatic rings. The van der Waals surface area contributed by atoms with Gasteiger partial charge in [-0.3, -0.25) is 0 Å². The summed E-state index contributed by atoms with van der Waals surface area (Å²) >= 11 is 0. The molecule has 31 heavy (non-hydrogen) atoms. The number of hydrogen-bond acceptors (Lipinski definition) is 6. The third-order valence-electron chi connectivity index (χ3n) is 4.83. The largest absolute Gasteiger partial charge is 0.479 e. The lowest BCUT2D eigenvalue weighted by molar-refractivity contribution is -0.148. The summed E-state index contributed by atoms with van der Waals surface area (Å²) in [6.07, 6.45) is 3.36. The van der Waals surface area contributed by atoms with Gasteiger partial charge in [-0.2, -0.15) is 8.42 Å². The molecule has 0 fully saturated rings. The molecule has 2 aromatic carbocycles. The molecular formula is C22H26N2O6S. The standard InChI is InChI=1S/C22H26N2O6S/c1-29-21(22(25)26)14-16-4-6-18(7-5-16)23-11-3-12-24-13-10-17-15-19(8-9-20(17)24)30-31(2,27)28/h4-10,13,15,21,23H,3,11-12,14H2,1-2H3,(H,25,26)/t21-/m0/s1. The highest BCUT2D eigenvalue weighted by molar-refractivity contribution is 7.86. The first-order chi connectivity index (χ1) is 14.7. The van der Waals surface area contributed by atoms with Crippen LogP contribution in [0.4, 0.5) is 5.69 Å². The average Bonchev–Trinajstić information content (AvgIpc) is 3.11. The summed E-state index contributed by atoms with van der Waals surface area (Å²) in [5.74, 6) is -0.667. The van der Waals surface area contributed by atoms with Crippen LogP contribution in [0, 0.1) is 0 Å². The topological polar surface area (TPSA) is 107 Å². The number of anilines is 1. The second-order valence-electron chi connectivity index (χ2n) is 7.26. The molecule has 1 heterocycles. The van der Waals surface area contributed by atoms with Gasteiger partial charge in [-0.25, -0.2) is 4.79 Å². The Morgan fingerprint density at radius 3 is 2.55 bits per heavy atom. The monoisotopic (exact) mass is 446 g/mol. The van der Waals surface area contributed by atoms with E-state index in [-0.39, 0.29) is 0 Å². The van der Waals surface area contributed by atoms with Crippen LogP contribution in [0.25, 0.3) is 10.9 Å². The van der Waals surface area contributed by atoms with Crippen molar-refractivity contribution in [3.8, 4) is 5.75 Å². The smallest absolute Gasteiger partial charge is 0.333 e. The van der Waals surface area contributed by atoms with E-state index in [9.17, 15) is 13.2 Å². The Morgan fingerprint density at radius 2 is 1.90 bits per heavy atom. The Balaban J connectivity index is 1.50. The number of aryl methyl sites for hydroxylation is 1. The van der Waals surface area contributed by atoms with E-state index in [4.69, 9.17) is 14.0 Å². The van der Waals surface area contributed by atoms with E-state index in [1.165, 1.54) is 7.11 Å². The van der Waals surface area contributed by atoms with Crippen molar-refractivity contribution in [1.29, 1.82) is 0 Å². The van der Waals surface area contributed by atoms with Crippen molar-refractivity contribution in [3.63, 3.8) is 0 Å². The number of methoxy groups -OCH3 is 1. The summed E-state index contributed by atoms with van der Waals surface area (Å²) in [5, 5.41) is 13.3. The highest BCUT2D eigenvalue weighted by Crippen LogP contribution is 2.23. The molecule has 0 spiro atoms. The van der Waals surface area contributed by atoms with Gasteiger partial charge >= 0.3 is 16.1 Å². The Kier molecular flexibility index (Phi) is 7.19. The van der Waals surface area contributed by atoms with Crippen LogP contribution in [0.2, 0.25) is 0 Å². The highest BCUT2D eigenvalue weighted by Gasteiger charge is 2.16. The van der Waals surface area contributed by atoms with Crippen LogP contribution in [-0.4, -0.2) is 50.1 Å². The number of hydrogen-bond donors (Lipinski definition) is 2. The van der Waals surface area contributed by atoms with Crippen molar-refractivity contribution >= 4 is 32.7 Å². The summed E-state index contributed by atoms with van der Waals surface area (Å²) in [6, 6.07) is 14.8. The number of aromatic nitrogens is 1. The van der Waals surface area contributed by atoms with Gasteiger partial charge in [0.15, 0.2) is 6.10 Å². The predicted molar refractivity (Wildman–Crippen MR) is 119 cm³/mol. The van der Waals surface area contributed by atoms with Gasteiger partial charge in [-0.1, -0.05) is 12.1 Å². The van der Waals surface area contributed by atoms with Gasteiger partial charge in [0.05, 0.1) is 6.26 Å². The maximum Gasteiger partial charge on any atom is 0.333 e. The summed E-state index contributed by atoms with van der Waals surface area (Å²) in [7, 11) is -2.15. The molecule has 0 radical (unpaired) electrons. The number of ether oxygens (including phenoxy) is 1. The number of carboxylic acids is 1. The molecule has 0 unspecified atom stereocenters. The van der Waals surface area contributed by atoms with Crippen LogP contribution in [0.5, 0.6) is 5.75 Å². The molecular weight excluding hydrogens is 420 g/mol. The van der Waals surface area contributed by atoms with E-state index in [1.807, 2.05) is 42.6 Å². The van der Waals surface area contributed by atoms with Crippen LogP contribution in [-0.2, 0) is 32.6 Å². The fourth-order valence-corrected chi connectivity index (χ4v) is 3.78. The molecule has 3 aromatic rings. The lowest BCUT2D eigenvalue weighted by atomic mass is 10.1. The molecule has 1 aromatic heterocycles. The molecule has 0 amide bonds. The van der Waals surface area contributed by atoms with E-state index >= 15 is 0 Å². The van der Waals surface area contributed by atoms with Crippen molar-refractivity contribution in [3.05, 3.63) is 60.3 Å². The van der Waals surface area contributed by atoms with Gasteiger partial charge in [-0.15, -0.1) is 0 Å². The van der Waals surface area contributed by atoms with E-state index < -0.39 is 22.2 Å². The van der Waals surface area contributed by atoms with Gasteiger partial charge < -0.3 is 23.9 Å². The van der Waals surface area contributed by atoms with Gasteiger partial charge in [-0.05, 0) is 48.4 Å². The van der Waals surface area contributed by atoms with Crippen molar-refractivity contribution in [1.82, 2.24) is 4.57 Å². The van der Waals surface area contributed by atoms with Crippen LogP contribution in [0.15, 0.2) is 54.7 Å². The molecule has 0 saturated heterocycles. The van der Waals surface area contributed by atoms with Crippen LogP contribution in [0.1, 0.15) is 12.0 Å². The van der Waals surface area contributed by atoms with Crippen molar-refractivity contribution in [2.75, 3.05) is 25.2 Å². The molecule has 0 bridgehead atoms. The maximum absolute atomic E-state index is 11.3. The number of carbonyl (C=O) groups is 1. The van der Waals surface area contributed by atoms with Crippen LogP contribution < -0.4 is 9.50 Å². The molecule has 0 aliphatic heterocycles. The van der Waals surface area contributed by atoms with Crippen molar-refractivity contribution in [2.45, 2.75) is 25.5 Å². The Hall–Kier alpha value is -3.04. The average molecular weight is 447 g/mol. The number of aliphatic carboxylic acids is 1. The minimum Gasteiger partial charge on any atom is -0.479 e. The first-order valence-electron chi connectivity index (χ1n) is 9.82. The third kappa shape index (κ3) is 6.47. The summed E-state index contributed by atoms with van der Waals surface area (Å²) < 4.78 is 34.6. The third-order valence-corrected chi connectivity index (χ3v) is 5.33. The maximum atomic E-state index is 11.3. The van der Waals surface area contributed by atoms with Crippen molar-refractivity contribution in [2.24, 2.45) is 0 Å². The Labute approximate surface area is 181 Å². The first-order valence-corrected chi connectivity index (χ1v) is 11.6. The SMILES string of the molecule is CO[C@@H](Cc1ccc(NCCCn2ccc3cc(OS(C)(=O)=O)ccc32)cc1)C(=O)O. The van der Waals surface area contributed by atoms with Gasteiger partial charge in [0.2, 0.25) is 0 Å². The molecule has 8 nitrogen and oxygen atoms in total. The zero-order chi connectivity index (χ0) is 22.4. The Morgan fingerprint density at radius 1 is 1.16 bits per heavy atom. The Bertz CT molecular complexity index is 1140. The number of nitrogens with zero attached hydrogens (tertiary/aromatic N) is 1. The lowest BCUT2D eigenvalue weighted by Gasteiger charge is -2.12. The molecule has 2 N–H and O–H groups in total. The van der Waals surface area contributed by atoms with Gasteiger partial charge in [0.25, 0.3) is 0 Å². The normalized spacial score (nSPS) is 12.6. The van der Waals surface area contributed by atoms with Gasteiger partial charge in [0, 0.05) is 49.4 Å². The van der Waals surface area contributed by atoms with E-state index in [0.29, 0.717) is 12.2 Å². The van der Waals surface area contributed by atoms with Crippen LogP contribution >= 0.6 is 0 Å². The molecule has 9 heteroatoms. The van der Waals surface area contributed by atoms with E-state index in [2.05, 4.69) is 9.88 Å². The molecule has 3 rings (SSSR count). The van der Waals surface area contributed by atoms with Crippen molar-refractivity contribution < 1.29 is 27.2 Å². The van der Waals surface area contributed by atoms with E-state index in [1.54, 1.807) is 12.1 Å². The molecule has 1 atom stereocenters. The first kappa shape index (κ1) is 22.6. The quantitative estimate of drug-likeness (QED) is 0.344. The highest BCUT2D eigenvalue weighted by atomic mass is 32.2. The molecule has 0 saturated carbocycles. The number of carboxylic acid groups (broad SMARTS) is 1. The number of benzene rings is 2. The zero-order valence-corrected chi connectivity index (χ0v) is 18.3. The lowest BCUT2D eigenvalue weighted by Crippen LogP contribution is -2.24. The summed E-state index contributed by atoms with van der Waals surface area (Å²) in [5.41, 5.74) is 2.88. The van der Waals surface area contributed by atoms with Crippen LogP contribution in [0.3, 0.4) is 0 Å². The zero-order valence-electron chi connectivity index (χ0n) is 17.4. The fraction of sp³-hybridized carbons (Fsp3) is 0.318. The summed E-state index contributed by atoms with van der Waals surface area (Å²) in [4.78, 5) is 11.1. The predicted octanol–water partition coefficient (Wildman–Crippen LogP) is 3.12. The molecule has 166 valence electrons. The minimum absolute atomic E-state index is 0.304. The second kappa shape index (κ2) is 9.84. The number of fused-ring (bicyclic) bond motifs is 1. The minimum atomic E-state index is -3.54. The fourth-order valence-electron chi connectivity index (χ4n) is 3.33. The number of nitrogens with one attached hydrogen (secondary N) is 1. The number of rotatable bonds is 11. The second-order valence-corrected chi connectivity index (χ2v) is 8.84. The summed E-state index contributed by atoms with van der Waals surface area (Å²) in [6.45, 7) is 1.57. The molecule has 0 aliphatic carbocycles.